The van der Waals surface area contributed by atoms with Crippen LogP contribution in [0.3, 0.4) is 0 Å². The lowest BCUT2D eigenvalue weighted by molar-refractivity contribution is 0.255. The van der Waals surface area contributed by atoms with E-state index in [0.29, 0.717) is 11.5 Å². The summed E-state index contributed by atoms with van der Waals surface area (Å²) < 4.78 is 0. The van der Waals surface area contributed by atoms with E-state index < -0.39 is 0 Å². The summed E-state index contributed by atoms with van der Waals surface area (Å²) in [4.78, 5) is 0. The van der Waals surface area contributed by atoms with Gasteiger partial charge in [0.1, 0.15) is 0 Å². The number of hydrogen-bond acceptors (Lipinski definition) is 1. The van der Waals surface area contributed by atoms with Crippen molar-refractivity contribution in [1.82, 2.24) is 5.32 Å². The molecule has 1 atom stereocenters. The molecule has 1 heteroatoms. The van der Waals surface area contributed by atoms with E-state index in [9.17, 15) is 0 Å². The third-order valence-electron chi connectivity index (χ3n) is 2.40. The van der Waals surface area contributed by atoms with Gasteiger partial charge in [0.25, 0.3) is 0 Å². The zero-order valence-electron chi connectivity index (χ0n) is 9.69. The largest absolute Gasteiger partial charge is 0.314 e. The predicted octanol–water partition coefficient (Wildman–Crippen LogP) is 3.37. The van der Waals surface area contributed by atoms with Crippen LogP contribution in [-0.4, -0.2) is 12.6 Å². The highest BCUT2D eigenvalue weighted by Crippen LogP contribution is 2.23. The van der Waals surface area contributed by atoms with E-state index in [1.807, 2.05) is 6.08 Å². The third kappa shape index (κ3) is 5.87. The smallest absolute Gasteiger partial charge is 0.0116 e. The van der Waals surface area contributed by atoms with Crippen molar-refractivity contribution in [3.63, 3.8) is 0 Å². The highest BCUT2D eigenvalue weighted by Gasteiger charge is 2.22. The molecule has 13 heavy (non-hydrogen) atoms. The number of allylic oxidation sites excluding steroid dienone is 1. The molecule has 0 aromatic heterocycles. The van der Waals surface area contributed by atoms with Crippen LogP contribution in [0, 0.1) is 5.41 Å². The minimum atomic E-state index is 0.372. The van der Waals surface area contributed by atoms with Crippen molar-refractivity contribution in [2.45, 2.75) is 53.0 Å². The van der Waals surface area contributed by atoms with Crippen molar-refractivity contribution in [3.05, 3.63) is 12.7 Å². The first-order valence-electron chi connectivity index (χ1n) is 5.36. The van der Waals surface area contributed by atoms with Gasteiger partial charge in [-0.25, -0.2) is 0 Å². The fraction of sp³-hybridized carbons (Fsp3) is 0.833. The summed E-state index contributed by atoms with van der Waals surface area (Å²) in [5.74, 6) is 0. The molecule has 0 saturated heterocycles. The molecule has 0 aliphatic rings. The molecule has 0 fully saturated rings. The average molecular weight is 183 g/mol. The molecule has 0 heterocycles. The molecule has 1 unspecified atom stereocenters. The van der Waals surface area contributed by atoms with Crippen molar-refractivity contribution >= 4 is 0 Å². The van der Waals surface area contributed by atoms with E-state index in [1.165, 1.54) is 12.8 Å². The molecule has 1 nitrogen and oxygen atoms in total. The lowest BCUT2D eigenvalue weighted by Crippen LogP contribution is -2.40. The molecule has 78 valence electrons. The lowest BCUT2D eigenvalue weighted by Gasteiger charge is -2.31. The Morgan fingerprint density at radius 3 is 2.38 bits per heavy atom. The zero-order chi connectivity index (χ0) is 10.3. The topological polar surface area (TPSA) is 12.0 Å². The van der Waals surface area contributed by atoms with Crippen LogP contribution in [-0.2, 0) is 0 Å². The number of nitrogens with one attached hydrogen (secondary N) is 1. The van der Waals surface area contributed by atoms with E-state index in [0.717, 1.165) is 13.0 Å². The molecule has 0 spiro atoms. The maximum atomic E-state index is 3.75. The molecule has 0 radical (unpaired) electrons. The van der Waals surface area contributed by atoms with Gasteiger partial charge in [0.15, 0.2) is 0 Å². The highest BCUT2D eigenvalue weighted by molar-refractivity contribution is 4.81. The van der Waals surface area contributed by atoms with Gasteiger partial charge in [-0.05, 0) is 31.2 Å². The predicted molar refractivity (Wildman–Crippen MR) is 61.0 cm³/mol. The summed E-state index contributed by atoms with van der Waals surface area (Å²) in [6, 6.07) is 0.637. The first-order chi connectivity index (χ1) is 6.02. The van der Waals surface area contributed by atoms with Crippen molar-refractivity contribution in [3.8, 4) is 0 Å². The molecule has 0 aromatic carbocycles. The molecular formula is C12H25N. The molecule has 0 bridgehead atoms. The quantitative estimate of drug-likeness (QED) is 0.492. The first kappa shape index (κ1) is 12.7. The van der Waals surface area contributed by atoms with E-state index >= 15 is 0 Å². The van der Waals surface area contributed by atoms with Crippen LogP contribution >= 0.6 is 0 Å². The van der Waals surface area contributed by atoms with E-state index in [2.05, 4.69) is 39.6 Å². The highest BCUT2D eigenvalue weighted by atomic mass is 14.9. The average Bonchev–Trinajstić information content (AvgIpc) is 2.01. The Morgan fingerprint density at radius 1 is 1.38 bits per heavy atom. The number of hydrogen-bond donors (Lipinski definition) is 1. The summed E-state index contributed by atoms with van der Waals surface area (Å²) in [6.45, 7) is 13.9. The summed E-state index contributed by atoms with van der Waals surface area (Å²) >= 11 is 0. The second-order valence-corrected chi connectivity index (χ2v) is 4.70. The van der Waals surface area contributed by atoms with Gasteiger partial charge in [-0.2, -0.15) is 0 Å². The normalized spacial score (nSPS) is 14.2. The van der Waals surface area contributed by atoms with Crippen molar-refractivity contribution in [2.24, 2.45) is 5.41 Å². The van der Waals surface area contributed by atoms with Crippen LogP contribution in [0.1, 0.15) is 47.0 Å². The molecule has 0 amide bonds. The van der Waals surface area contributed by atoms with E-state index in [4.69, 9.17) is 0 Å². The van der Waals surface area contributed by atoms with Crippen LogP contribution in [0.2, 0.25) is 0 Å². The Hall–Kier alpha value is -0.300. The van der Waals surface area contributed by atoms with E-state index in [1.54, 1.807) is 0 Å². The van der Waals surface area contributed by atoms with Gasteiger partial charge in [-0.3, -0.25) is 0 Å². The fourth-order valence-electron chi connectivity index (χ4n) is 1.55. The summed E-state index contributed by atoms with van der Waals surface area (Å²) in [6.07, 6.45) is 5.64. The SMILES string of the molecule is C=CCCCC(NCC)C(C)(C)C. The van der Waals surface area contributed by atoms with Gasteiger partial charge in [0, 0.05) is 6.04 Å². The molecule has 0 aliphatic carbocycles. The van der Waals surface area contributed by atoms with Crippen LogP contribution < -0.4 is 5.32 Å². The van der Waals surface area contributed by atoms with Gasteiger partial charge < -0.3 is 5.32 Å². The number of rotatable bonds is 6. The minimum Gasteiger partial charge on any atom is -0.314 e. The fourth-order valence-corrected chi connectivity index (χ4v) is 1.55. The molecule has 1 N–H and O–H groups in total. The van der Waals surface area contributed by atoms with Crippen molar-refractivity contribution in [2.75, 3.05) is 6.54 Å². The van der Waals surface area contributed by atoms with Crippen LogP contribution in [0.5, 0.6) is 0 Å². The standard InChI is InChI=1S/C12H25N/c1-6-8-9-10-11(13-7-2)12(3,4)5/h6,11,13H,1,7-10H2,2-5H3. The van der Waals surface area contributed by atoms with Gasteiger partial charge in [-0.15, -0.1) is 6.58 Å². The second kappa shape index (κ2) is 6.20. The Morgan fingerprint density at radius 2 is 2.00 bits per heavy atom. The van der Waals surface area contributed by atoms with Gasteiger partial charge in [0.2, 0.25) is 0 Å². The van der Waals surface area contributed by atoms with Crippen LogP contribution in [0.25, 0.3) is 0 Å². The van der Waals surface area contributed by atoms with Gasteiger partial charge in [-0.1, -0.05) is 33.8 Å². The summed E-state index contributed by atoms with van der Waals surface area (Å²) in [7, 11) is 0. The van der Waals surface area contributed by atoms with Crippen molar-refractivity contribution in [1.29, 1.82) is 0 Å². The minimum absolute atomic E-state index is 0.372. The Kier molecular flexibility index (Phi) is 6.06. The van der Waals surface area contributed by atoms with Crippen molar-refractivity contribution < 1.29 is 0 Å². The summed E-state index contributed by atoms with van der Waals surface area (Å²) in [5, 5.41) is 3.55. The number of unbranched alkanes of at least 4 members (excludes halogenated alkanes) is 1. The van der Waals surface area contributed by atoms with Crippen LogP contribution in [0.4, 0.5) is 0 Å². The zero-order valence-corrected chi connectivity index (χ0v) is 9.69. The van der Waals surface area contributed by atoms with Crippen LogP contribution in [0.15, 0.2) is 12.7 Å². The molecule has 0 saturated carbocycles. The Bertz CT molecular complexity index is 133. The lowest BCUT2D eigenvalue weighted by atomic mass is 9.84. The third-order valence-corrected chi connectivity index (χ3v) is 2.40. The summed E-state index contributed by atoms with van der Waals surface area (Å²) in [5.41, 5.74) is 0.372. The monoisotopic (exact) mass is 183 g/mol. The van der Waals surface area contributed by atoms with Gasteiger partial charge in [0.05, 0.1) is 0 Å². The molecule has 0 aromatic rings. The molecule has 0 rings (SSSR count). The van der Waals surface area contributed by atoms with E-state index in [-0.39, 0.29) is 0 Å². The Balaban J connectivity index is 3.87. The Labute approximate surface area is 83.6 Å². The molecule has 0 aliphatic heterocycles. The first-order valence-corrected chi connectivity index (χ1v) is 5.36. The maximum absolute atomic E-state index is 3.75. The molecular weight excluding hydrogens is 158 g/mol. The van der Waals surface area contributed by atoms with Gasteiger partial charge >= 0.3 is 0 Å². The maximum Gasteiger partial charge on any atom is 0.0116 e. The second-order valence-electron chi connectivity index (χ2n) is 4.70.